The lowest BCUT2D eigenvalue weighted by Crippen LogP contribution is -2.05. The minimum absolute atomic E-state index is 0.707. The van der Waals surface area contributed by atoms with Gasteiger partial charge in [-0.05, 0) is 25.0 Å². The van der Waals surface area contributed by atoms with Crippen LogP contribution in [0.3, 0.4) is 0 Å². The van der Waals surface area contributed by atoms with Crippen LogP contribution in [0.25, 0.3) is 6.08 Å². The van der Waals surface area contributed by atoms with Crippen molar-refractivity contribution >= 4 is 12.0 Å². The van der Waals surface area contributed by atoms with E-state index in [2.05, 4.69) is 36.2 Å². The van der Waals surface area contributed by atoms with Gasteiger partial charge in [0.05, 0.1) is 6.54 Å². The summed E-state index contributed by atoms with van der Waals surface area (Å²) in [5.41, 5.74) is 3.53. The molecule has 0 saturated carbocycles. The monoisotopic (exact) mass is 201 g/mol. The van der Waals surface area contributed by atoms with E-state index in [1.165, 1.54) is 11.1 Å². The van der Waals surface area contributed by atoms with Gasteiger partial charge in [0.25, 0.3) is 0 Å². The van der Waals surface area contributed by atoms with E-state index in [9.17, 15) is 0 Å². The zero-order chi connectivity index (χ0) is 10.7. The van der Waals surface area contributed by atoms with Crippen molar-refractivity contribution in [3.8, 4) is 0 Å². The van der Waals surface area contributed by atoms with Gasteiger partial charge >= 0.3 is 0 Å². The maximum atomic E-state index is 5.52. The smallest absolute Gasteiger partial charge is 0.217 e. The SMILES string of the molecule is CC=Cc1cccc(C)c1C1=NCCO1. The summed E-state index contributed by atoms with van der Waals surface area (Å²) in [5, 5.41) is 0. The molecule has 0 aliphatic carbocycles. The average Bonchev–Trinajstić information content (AvgIpc) is 2.71. The van der Waals surface area contributed by atoms with Crippen molar-refractivity contribution in [1.29, 1.82) is 0 Å². The van der Waals surface area contributed by atoms with E-state index >= 15 is 0 Å². The third-order valence-electron chi connectivity index (χ3n) is 2.45. The largest absolute Gasteiger partial charge is 0.475 e. The van der Waals surface area contributed by atoms with Gasteiger partial charge in [0, 0.05) is 5.56 Å². The van der Waals surface area contributed by atoms with Crippen molar-refractivity contribution in [2.24, 2.45) is 4.99 Å². The first-order valence-electron chi connectivity index (χ1n) is 5.23. The Labute approximate surface area is 90.3 Å². The molecule has 0 N–H and O–H groups in total. The van der Waals surface area contributed by atoms with Gasteiger partial charge in [0.15, 0.2) is 0 Å². The van der Waals surface area contributed by atoms with Gasteiger partial charge in [-0.15, -0.1) is 0 Å². The zero-order valence-electron chi connectivity index (χ0n) is 9.16. The van der Waals surface area contributed by atoms with Crippen molar-refractivity contribution in [3.63, 3.8) is 0 Å². The first kappa shape index (κ1) is 9.97. The summed E-state index contributed by atoms with van der Waals surface area (Å²) in [6.07, 6.45) is 4.13. The molecule has 0 fully saturated rings. The molecule has 0 aromatic heterocycles. The quantitative estimate of drug-likeness (QED) is 0.721. The van der Waals surface area contributed by atoms with Crippen LogP contribution in [-0.2, 0) is 4.74 Å². The fraction of sp³-hybridized carbons (Fsp3) is 0.308. The Kier molecular flexibility index (Phi) is 2.86. The Hall–Kier alpha value is -1.57. The molecule has 0 unspecified atom stereocenters. The predicted molar refractivity (Wildman–Crippen MR) is 63.2 cm³/mol. The van der Waals surface area contributed by atoms with Crippen LogP contribution >= 0.6 is 0 Å². The predicted octanol–water partition coefficient (Wildman–Crippen LogP) is 2.80. The van der Waals surface area contributed by atoms with E-state index in [-0.39, 0.29) is 0 Å². The normalized spacial score (nSPS) is 15.5. The fourth-order valence-electron chi connectivity index (χ4n) is 1.79. The topological polar surface area (TPSA) is 21.6 Å². The standard InChI is InChI=1S/C13H15NO/c1-3-5-11-7-4-6-10(2)12(11)13-14-8-9-15-13/h3-7H,8-9H2,1-2H3. The summed E-state index contributed by atoms with van der Waals surface area (Å²) in [4.78, 5) is 4.37. The molecule has 1 aromatic rings. The third-order valence-corrected chi connectivity index (χ3v) is 2.45. The van der Waals surface area contributed by atoms with Crippen molar-refractivity contribution in [1.82, 2.24) is 0 Å². The molecule has 0 spiro atoms. The van der Waals surface area contributed by atoms with Crippen molar-refractivity contribution in [2.45, 2.75) is 13.8 Å². The van der Waals surface area contributed by atoms with E-state index in [0.717, 1.165) is 18.0 Å². The van der Waals surface area contributed by atoms with Crippen LogP contribution in [0.4, 0.5) is 0 Å². The molecule has 0 amide bonds. The number of aryl methyl sites for hydroxylation is 1. The van der Waals surface area contributed by atoms with E-state index in [1.807, 2.05) is 13.0 Å². The first-order chi connectivity index (χ1) is 7.33. The van der Waals surface area contributed by atoms with Gasteiger partial charge in [0.2, 0.25) is 5.90 Å². The number of hydrogen-bond donors (Lipinski definition) is 0. The van der Waals surface area contributed by atoms with Crippen LogP contribution < -0.4 is 0 Å². The van der Waals surface area contributed by atoms with Crippen molar-refractivity contribution in [2.75, 3.05) is 13.2 Å². The van der Waals surface area contributed by atoms with E-state index in [4.69, 9.17) is 4.74 Å². The second-order valence-corrected chi connectivity index (χ2v) is 3.57. The Morgan fingerprint density at radius 3 is 2.93 bits per heavy atom. The lowest BCUT2D eigenvalue weighted by atomic mass is 10.0. The molecule has 0 radical (unpaired) electrons. The molecule has 0 saturated heterocycles. The minimum Gasteiger partial charge on any atom is -0.475 e. The highest BCUT2D eigenvalue weighted by atomic mass is 16.5. The lowest BCUT2D eigenvalue weighted by molar-refractivity contribution is 0.348. The number of allylic oxidation sites excluding steroid dienone is 1. The van der Waals surface area contributed by atoms with Crippen LogP contribution in [0.1, 0.15) is 23.6 Å². The summed E-state index contributed by atoms with van der Waals surface area (Å²) in [6, 6.07) is 6.24. The van der Waals surface area contributed by atoms with Crippen molar-refractivity contribution < 1.29 is 4.74 Å². The Morgan fingerprint density at radius 1 is 1.40 bits per heavy atom. The molecular weight excluding hydrogens is 186 g/mol. The number of nitrogens with zero attached hydrogens (tertiary/aromatic N) is 1. The Balaban J connectivity index is 2.51. The van der Waals surface area contributed by atoms with Gasteiger partial charge in [0.1, 0.15) is 6.61 Å². The molecule has 0 bridgehead atoms. The molecule has 1 aromatic carbocycles. The molecule has 15 heavy (non-hydrogen) atoms. The fourth-order valence-corrected chi connectivity index (χ4v) is 1.79. The summed E-state index contributed by atoms with van der Waals surface area (Å²) >= 11 is 0. The highest BCUT2D eigenvalue weighted by Gasteiger charge is 2.15. The number of aliphatic imine (C=N–C) groups is 1. The second-order valence-electron chi connectivity index (χ2n) is 3.57. The number of ether oxygens (including phenoxy) is 1. The van der Waals surface area contributed by atoms with Crippen LogP contribution in [0.5, 0.6) is 0 Å². The van der Waals surface area contributed by atoms with Gasteiger partial charge in [-0.1, -0.05) is 30.4 Å². The average molecular weight is 201 g/mol. The molecule has 0 atom stereocenters. The van der Waals surface area contributed by atoms with E-state index in [1.54, 1.807) is 0 Å². The maximum Gasteiger partial charge on any atom is 0.217 e. The molecule has 1 aliphatic rings. The molecule has 2 rings (SSSR count). The summed E-state index contributed by atoms with van der Waals surface area (Å²) in [6.45, 7) is 5.59. The molecule has 2 heteroatoms. The van der Waals surface area contributed by atoms with E-state index < -0.39 is 0 Å². The molecule has 1 heterocycles. The number of hydrogen-bond acceptors (Lipinski definition) is 2. The number of rotatable bonds is 2. The van der Waals surface area contributed by atoms with Crippen LogP contribution in [0.2, 0.25) is 0 Å². The third kappa shape index (κ3) is 1.94. The van der Waals surface area contributed by atoms with Gasteiger partial charge in [-0.25, -0.2) is 4.99 Å². The minimum atomic E-state index is 0.707. The highest BCUT2D eigenvalue weighted by molar-refractivity contribution is 5.99. The summed E-state index contributed by atoms with van der Waals surface area (Å²) in [7, 11) is 0. The van der Waals surface area contributed by atoms with Gasteiger partial charge in [-0.3, -0.25) is 0 Å². The molecule has 1 aliphatic heterocycles. The Bertz CT molecular complexity index is 419. The Morgan fingerprint density at radius 2 is 2.27 bits per heavy atom. The lowest BCUT2D eigenvalue weighted by Gasteiger charge is -2.09. The molecular formula is C13H15NO. The van der Waals surface area contributed by atoms with Gasteiger partial charge < -0.3 is 4.74 Å². The summed E-state index contributed by atoms with van der Waals surface area (Å²) < 4.78 is 5.52. The van der Waals surface area contributed by atoms with Crippen LogP contribution in [-0.4, -0.2) is 19.0 Å². The van der Waals surface area contributed by atoms with Crippen LogP contribution in [0.15, 0.2) is 29.3 Å². The molecule has 2 nitrogen and oxygen atoms in total. The maximum absolute atomic E-state index is 5.52. The van der Waals surface area contributed by atoms with E-state index in [0.29, 0.717) is 6.61 Å². The zero-order valence-corrected chi connectivity index (χ0v) is 9.16. The number of benzene rings is 1. The van der Waals surface area contributed by atoms with Gasteiger partial charge in [-0.2, -0.15) is 0 Å². The second kappa shape index (κ2) is 4.30. The highest BCUT2D eigenvalue weighted by Crippen LogP contribution is 2.19. The van der Waals surface area contributed by atoms with Crippen molar-refractivity contribution in [3.05, 3.63) is 41.0 Å². The van der Waals surface area contributed by atoms with Crippen LogP contribution in [0, 0.1) is 6.92 Å². The molecule has 78 valence electrons. The summed E-state index contributed by atoms with van der Waals surface area (Å²) in [5.74, 6) is 0.793. The first-order valence-corrected chi connectivity index (χ1v) is 5.23.